The fraction of sp³-hybridized carbons (Fsp3) is 0.292. The van der Waals surface area contributed by atoms with Gasteiger partial charge < -0.3 is 14.8 Å². The normalized spacial score (nSPS) is 13.9. The molecule has 0 atom stereocenters. The fourth-order valence-electron chi connectivity index (χ4n) is 3.68. The molecule has 1 fully saturated rings. The third-order valence-corrected chi connectivity index (χ3v) is 5.64. The van der Waals surface area contributed by atoms with Gasteiger partial charge in [0.25, 0.3) is 0 Å². The summed E-state index contributed by atoms with van der Waals surface area (Å²) in [4.78, 5) is 15.1. The molecule has 0 bridgehead atoms. The Kier molecular flexibility index (Phi) is 6.79. The highest BCUT2D eigenvalue weighted by Gasteiger charge is 2.13. The van der Waals surface area contributed by atoms with Gasteiger partial charge in [-0.3, -0.25) is 9.47 Å². The van der Waals surface area contributed by atoms with Gasteiger partial charge in [-0.1, -0.05) is 23.7 Å². The van der Waals surface area contributed by atoms with Crippen LogP contribution >= 0.6 is 11.6 Å². The van der Waals surface area contributed by atoms with Crippen molar-refractivity contribution in [3.63, 3.8) is 0 Å². The SMILES string of the molecule is COc1cc(NC(=O)n2ccc(-c3ccc(Cl)cc3)c2)ccc1OCCN1CCCC1. The van der Waals surface area contributed by atoms with Crippen molar-refractivity contribution in [2.75, 3.05) is 38.7 Å². The Morgan fingerprint density at radius 1 is 1.03 bits per heavy atom. The van der Waals surface area contributed by atoms with Crippen molar-refractivity contribution >= 4 is 23.3 Å². The Balaban J connectivity index is 1.38. The predicted octanol–water partition coefficient (Wildman–Crippen LogP) is 5.37. The molecule has 2 heterocycles. The topological polar surface area (TPSA) is 55.7 Å². The zero-order valence-corrected chi connectivity index (χ0v) is 18.3. The molecule has 4 rings (SSSR count). The predicted molar refractivity (Wildman–Crippen MR) is 123 cm³/mol. The molecule has 6 nitrogen and oxygen atoms in total. The van der Waals surface area contributed by atoms with Crippen LogP contribution in [-0.4, -0.2) is 48.8 Å². The highest BCUT2D eigenvalue weighted by molar-refractivity contribution is 6.30. The van der Waals surface area contributed by atoms with Crippen LogP contribution < -0.4 is 14.8 Å². The van der Waals surface area contributed by atoms with Gasteiger partial charge in [0.1, 0.15) is 6.61 Å². The average Bonchev–Trinajstić information content (AvgIpc) is 3.47. The number of hydrogen-bond acceptors (Lipinski definition) is 4. The summed E-state index contributed by atoms with van der Waals surface area (Å²) in [6.07, 6.45) is 6.04. The van der Waals surface area contributed by atoms with E-state index in [4.69, 9.17) is 21.1 Å². The van der Waals surface area contributed by atoms with Crippen molar-refractivity contribution in [1.29, 1.82) is 0 Å². The summed E-state index contributed by atoms with van der Waals surface area (Å²) >= 11 is 5.95. The van der Waals surface area contributed by atoms with Crippen LogP contribution in [0.5, 0.6) is 11.5 Å². The maximum Gasteiger partial charge on any atom is 0.329 e. The van der Waals surface area contributed by atoms with Crippen molar-refractivity contribution in [3.05, 3.63) is 65.9 Å². The number of benzene rings is 2. The van der Waals surface area contributed by atoms with Gasteiger partial charge in [0.15, 0.2) is 11.5 Å². The van der Waals surface area contributed by atoms with E-state index in [9.17, 15) is 4.79 Å². The lowest BCUT2D eigenvalue weighted by molar-refractivity contribution is 0.230. The van der Waals surface area contributed by atoms with E-state index in [2.05, 4.69) is 10.2 Å². The van der Waals surface area contributed by atoms with E-state index in [0.717, 1.165) is 30.8 Å². The largest absolute Gasteiger partial charge is 0.493 e. The summed E-state index contributed by atoms with van der Waals surface area (Å²) in [5.41, 5.74) is 2.56. The molecule has 1 aliphatic rings. The molecule has 162 valence electrons. The minimum atomic E-state index is -0.259. The number of nitrogens with one attached hydrogen (secondary N) is 1. The minimum Gasteiger partial charge on any atom is -0.493 e. The Hall–Kier alpha value is -2.96. The number of hydrogen-bond donors (Lipinski definition) is 1. The minimum absolute atomic E-state index is 0.259. The number of rotatable bonds is 7. The maximum absolute atomic E-state index is 12.7. The monoisotopic (exact) mass is 439 g/mol. The zero-order valence-electron chi connectivity index (χ0n) is 17.5. The number of likely N-dealkylation sites (tertiary alicyclic amines) is 1. The Bertz CT molecular complexity index is 1030. The summed E-state index contributed by atoms with van der Waals surface area (Å²) in [5.74, 6) is 1.26. The fourth-order valence-corrected chi connectivity index (χ4v) is 3.81. The van der Waals surface area contributed by atoms with E-state index in [1.54, 1.807) is 25.6 Å². The number of anilines is 1. The number of methoxy groups -OCH3 is 1. The van der Waals surface area contributed by atoms with Gasteiger partial charge in [0.05, 0.1) is 7.11 Å². The molecule has 7 heteroatoms. The molecule has 1 aliphatic heterocycles. The van der Waals surface area contributed by atoms with E-state index >= 15 is 0 Å². The first kappa shape index (κ1) is 21.3. The molecular formula is C24H26ClN3O3. The molecule has 3 aromatic rings. The van der Waals surface area contributed by atoms with Gasteiger partial charge in [0.2, 0.25) is 0 Å². The lowest BCUT2D eigenvalue weighted by Gasteiger charge is -2.16. The van der Waals surface area contributed by atoms with Gasteiger partial charge in [-0.25, -0.2) is 4.79 Å². The first-order chi connectivity index (χ1) is 15.1. The lowest BCUT2D eigenvalue weighted by atomic mass is 10.1. The second-order valence-electron chi connectivity index (χ2n) is 7.51. The standard InChI is InChI=1S/C24H26ClN3O3/c1-30-23-16-21(8-9-22(23)31-15-14-27-11-2-3-12-27)26-24(29)28-13-10-19(17-28)18-4-6-20(25)7-5-18/h4-10,13,16-17H,2-3,11-12,14-15H2,1H3,(H,26,29). The van der Waals surface area contributed by atoms with Crippen LogP contribution in [-0.2, 0) is 0 Å². The van der Waals surface area contributed by atoms with Crippen LogP contribution in [0, 0.1) is 0 Å². The van der Waals surface area contributed by atoms with E-state index in [1.807, 2.05) is 42.5 Å². The summed E-state index contributed by atoms with van der Waals surface area (Å²) in [6.45, 7) is 3.80. The molecule has 0 radical (unpaired) electrons. The van der Waals surface area contributed by atoms with Crippen LogP contribution in [0.2, 0.25) is 5.02 Å². The summed E-state index contributed by atoms with van der Waals surface area (Å²) in [6, 6.07) is 14.5. The molecule has 2 aromatic carbocycles. The van der Waals surface area contributed by atoms with Gasteiger partial charge in [-0.15, -0.1) is 0 Å². The lowest BCUT2D eigenvalue weighted by Crippen LogP contribution is -2.25. The van der Waals surface area contributed by atoms with Gasteiger partial charge in [-0.05, 0) is 67.4 Å². The first-order valence-corrected chi connectivity index (χ1v) is 10.8. The Labute approximate surface area is 187 Å². The molecule has 0 saturated carbocycles. The molecular weight excluding hydrogens is 414 g/mol. The Morgan fingerprint density at radius 3 is 2.55 bits per heavy atom. The average molecular weight is 440 g/mol. The Morgan fingerprint density at radius 2 is 1.81 bits per heavy atom. The zero-order chi connectivity index (χ0) is 21.6. The number of amides is 1. The number of carbonyl (C=O) groups excluding carboxylic acids is 1. The molecule has 0 spiro atoms. The number of aromatic nitrogens is 1. The van der Waals surface area contributed by atoms with Gasteiger partial charge >= 0.3 is 6.03 Å². The first-order valence-electron chi connectivity index (χ1n) is 10.4. The highest BCUT2D eigenvalue weighted by Crippen LogP contribution is 2.30. The summed E-state index contributed by atoms with van der Waals surface area (Å²) in [7, 11) is 1.60. The maximum atomic E-state index is 12.7. The van der Waals surface area contributed by atoms with Crippen molar-refractivity contribution in [3.8, 4) is 22.6 Å². The van der Waals surface area contributed by atoms with Gasteiger partial charge in [0, 0.05) is 35.7 Å². The molecule has 0 aliphatic carbocycles. The summed E-state index contributed by atoms with van der Waals surface area (Å²) < 4.78 is 12.9. The van der Waals surface area contributed by atoms with Crippen LogP contribution in [0.3, 0.4) is 0 Å². The number of carbonyl (C=O) groups is 1. The van der Waals surface area contributed by atoms with Crippen LogP contribution in [0.4, 0.5) is 10.5 Å². The third-order valence-electron chi connectivity index (χ3n) is 5.38. The van der Waals surface area contributed by atoms with Crippen molar-refractivity contribution in [2.45, 2.75) is 12.8 Å². The highest BCUT2D eigenvalue weighted by atomic mass is 35.5. The molecule has 1 N–H and O–H groups in total. The number of halogens is 1. The summed E-state index contributed by atoms with van der Waals surface area (Å²) in [5, 5.41) is 3.57. The molecule has 0 unspecified atom stereocenters. The molecule has 1 amide bonds. The molecule has 31 heavy (non-hydrogen) atoms. The molecule has 1 aromatic heterocycles. The third kappa shape index (κ3) is 5.40. The van der Waals surface area contributed by atoms with E-state index < -0.39 is 0 Å². The van der Waals surface area contributed by atoms with Crippen molar-refractivity contribution in [1.82, 2.24) is 9.47 Å². The van der Waals surface area contributed by atoms with Crippen LogP contribution in [0.15, 0.2) is 60.9 Å². The van der Waals surface area contributed by atoms with Crippen molar-refractivity contribution in [2.24, 2.45) is 0 Å². The van der Waals surface area contributed by atoms with E-state index in [-0.39, 0.29) is 6.03 Å². The second-order valence-corrected chi connectivity index (χ2v) is 7.94. The van der Waals surface area contributed by atoms with Gasteiger partial charge in [-0.2, -0.15) is 0 Å². The molecule has 1 saturated heterocycles. The number of nitrogens with zero attached hydrogens (tertiary/aromatic N) is 2. The second kappa shape index (κ2) is 9.90. The van der Waals surface area contributed by atoms with E-state index in [0.29, 0.717) is 28.8 Å². The van der Waals surface area contributed by atoms with Crippen LogP contribution in [0.25, 0.3) is 11.1 Å². The smallest absolute Gasteiger partial charge is 0.329 e. The van der Waals surface area contributed by atoms with Crippen LogP contribution in [0.1, 0.15) is 12.8 Å². The van der Waals surface area contributed by atoms with E-state index in [1.165, 1.54) is 17.4 Å². The van der Waals surface area contributed by atoms with Crippen molar-refractivity contribution < 1.29 is 14.3 Å². The number of ether oxygens (including phenoxy) is 2. The quantitative estimate of drug-likeness (QED) is 0.537.